The number of carbonyl (C=O) groups is 1. The molecule has 0 heterocycles. The van der Waals surface area contributed by atoms with Crippen LogP contribution in [0.2, 0.25) is 0 Å². The van der Waals surface area contributed by atoms with Crippen LogP contribution in [0.4, 0.5) is 11.4 Å². The predicted molar refractivity (Wildman–Crippen MR) is 138 cm³/mol. The third-order valence-electron chi connectivity index (χ3n) is 7.93. The zero-order chi connectivity index (χ0) is 24.1. The molecule has 0 aliphatic heterocycles. The number of thiocarbonyl (C=S) groups is 1. The van der Waals surface area contributed by atoms with Gasteiger partial charge >= 0.3 is 0 Å². The minimum absolute atomic E-state index is 0.0425. The highest BCUT2D eigenvalue weighted by Crippen LogP contribution is 2.60. The molecule has 2 aromatic rings. The van der Waals surface area contributed by atoms with Crippen molar-refractivity contribution >= 4 is 44.6 Å². The van der Waals surface area contributed by atoms with Crippen molar-refractivity contribution in [3.05, 3.63) is 53.6 Å². The second-order valence-corrected chi connectivity index (χ2v) is 12.6. The smallest absolute Gasteiger partial charge is 0.261 e. The van der Waals surface area contributed by atoms with Gasteiger partial charge in [-0.05, 0) is 130 Å². The molecule has 2 aromatic carbocycles. The summed E-state index contributed by atoms with van der Waals surface area (Å²) in [6.07, 6.45) is 6.78. The first-order valence-electron chi connectivity index (χ1n) is 11.9. The van der Waals surface area contributed by atoms with Gasteiger partial charge in [-0.1, -0.05) is 6.07 Å². The molecular formula is C26H31N3O3S2. The molecule has 4 bridgehead atoms. The van der Waals surface area contributed by atoms with Crippen LogP contribution < -0.4 is 15.4 Å². The second-order valence-electron chi connectivity index (χ2n) is 10.5. The number of aryl methyl sites for hydroxylation is 2. The van der Waals surface area contributed by atoms with E-state index in [1.807, 2.05) is 26.0 Å². The van der Waals surface area contributed by atoms with Crippen LogP contribution in [0.15, 0.2) is 47.4 Å². The Morgan fingerprint density at radius 3 is 2.00 bits per heavy atom. The normalized spacial score (nSPS) is 27.3. The van der Waals surface area contributed by atoms with Crippen LogP contribution in [0.25, 0.3) is 0 Å². The fourth-order valence-electron chi connectivity index (χ4n) is 6.52. The zero-order valence-electron chi connectivity index (χ0n) is 19.6. The Morgan fingerprint density at radius 1 is 0.882 bits per heavy atom. The lowest BCUT2D eigenvalue weighted by atomic mass is 9.49. The quantitative estimate of drug-likeness (QED) is 0.498. The van der Waals surface area contributed by atoms with Gasteiger partial charge < -0.3 is 10.6 Å². The van der Waals surface area contributed by atoms with Gasteiger partial charge in [-0.15, -0.1) is 0 Å². The summed E-state index contributed by atoms with van der Waals surface area (Å²) < 4.78 is 28.2. The Kier molecular flexibility index (Phi) is 5.92. The molecule has 3 N–H and O–H groups in total. The Bertz CT molecular complexity index is 1200. The fourth-order valence-corrected chi connectivity index (χ4v) is 7.78. The molecule has 0 aromatic heterocycles. The molecule has 6 nitrogen and oxygen atoms in total. The van der Waals surface area contributed by atoms with E-state index >= 15 is 0 Å². The Labute approximate surface area is 207 Å². The molecule has 4 aliphatic rings. The number of benzene rings is 2. The van der Waals surface area contributed by atoms with Crippen LogP contribution in [0.5, 0.6) is 0 Å². The molecule has 0 saturated heterocycles. The van der Waals surface area contributed by atoms with Gasteiger partial charge in [0.15, 0.2) is 5.11 Å². The molecule has 34 heavy (non-hydrogen) atoms. The van der Waals surface area contributed by atoms with Crippen LogP contribution in [0.3, 0.4) is 0 Å². The fraction of sp³-hybridized carbons (Fsp3) is 0.462. The van der Waals surface area contributed by atoms with Crippen LogP contribution in [0, 0.1) is 37.0 Å². The molecule has 4 aliphatic carbocycles. The zero-order valence-corrected chi connectivity index (χ0v) is 21.2. The SMILES string of the molecule is Cc1ccc(NS(=O)(=O)c2ccc(NC(=S)NC(=O)C34CC5CC(CC(C5)C3)C4)cc2)cc1C. The number of carbonyl (C=O) groups excluding carboxylic acids is 1. The van der Waals surface area contributed by atoms with E-state index in [1.54, 1.807) is 18.2 Å². The summed E-state index contributed by atoms with van der Waals surface area (Å²) in [5.41, 5.74) is 3.01. The maximum Gasteiger partial charge on any atom is 0.261 e. The van der Waals surface area contributed by atoms with E-state index in [9.17, 15) is 13.2 Å². The van der Waals surface area contributed by atoms with Gasteiger partial charge in [0.2, 0.25) is 5.91 Å². The van der Waals surface area contributed by atoms with E-state index in [-0.39, 0.29) is 21.3 Å². The summed E-state index contributed by atoms with van der Waals surface area (Å²) in [4.78, 5) is 13.3. The molecular weight excluding hydrogens is 466 g/mol. The third-order valence-corrected chi connectivity index (χ3v) is 9.53. The first-order valence-corrected chi connectivity index (χ1v) is 13.8. The molecule has 4 fully saturated rings. The number of rotatable bonds is 5. The summed E-state index contributed by atoms with van der Waals surface area (Å²) in [6.45, 7) is 3.92. The van der Waals surface area contributed by atoms with Crippen molar-refractivity contribution in [3.63, 3.8) is 0 Å². The number of hydrogen-bond donors (Lipinski definition) is 3. The van der Waals surface area contributed by atoms with E-state index in [0.717, 1.165) is 30.4 Å². The van der Waals surface area contributed by atoms with Crippen molar-refractivity contribution in [2.75, 3.05) is 10.0 Å². The Morgan fingerprint density at radius 2 is 1.44 bits per heavy atom. The maximum absolute atomic E-state index is 13.2. The minimum Gasteiger partial charge on any atom is -0.332 e. The average molecular weight is 498 g/mol. The standard InChI is InChI=1S/C26H31N3O3S2/c1-16-3-4-22(9-17(16)2)29-34(31,32)23-7-5-21(6-8-23)27-25(33)28-24(30)26-13-18-10-19(14-26)12-20(11-18)15-26/h3-9,18-20,29H,10-15H2,1-2H3,(H2,27,28,30,33). The van der Waals surface area contributed by atoms with Gasteiger partial charge in [-0.25, -0.2) is 8.42 Å². The largest absolute Gasteiger partial charge is 0.332 e. The summed E-state index contributed by atoms with van der Waals surface area (Å²) >= 11 is 5.41. The van der Waals surface area contributed by atoms with E-state index in [4.69, 9.17) is 12.2 Å². The van der Waals surface area contributed by atoms with Crippen molar-refractivity contribution < 1.29 is 13.2 Å². The lowest BCUT2D eigenvalue weighted by Crippen LogP contribution is -2.55. The van der Waals surface area contributed by atoms with Crippen molar-refractivity contribution in [3.8, 4) is 0 Å². The molecule has 0 atom stereocenters. The number of hydrogen-bond acceptors (Lipinski definition) is 4. The van der Waals surface area contributed by atoms with Gasteiger partial charge in [0, 0.05) is 11.4 Å². The lowest BCUT2D eigenvalue weighted by Gasteiger charge is -2.55. The summed E-state index contributed by atoms with van der Waals surface area (Å²) in [7, 11) is -3.71. The number of sulfonamides is 1. The minimum atomic E-state index is -3.71. The summed E-state index contributed by atoms with van der Waals surface area (Å²) in [6, 6.07) is 11.8. The molecule has 1 amide bonds. The van der Waals surface area contributed by atoms with Crippen molar-refractivity contribution in [2.24, 2.45) is 23.2 Å². The van der Waals surface area contributed by atoms with E-state index in [1.165, 1.54) is 31.4 Å². The maximum atomic E-state index is 13.2. The molecule has 0 spiro atoms. The van der Waals surface area contributed by atoms with Gasteiger partial charge in [0.1, 0.15) is 0 Å². The first kappa shape index (κ1) is 23.3. The number of nitrogens with one attached hydrogen (secondary N) is 3. The molecule has 8 heteroatoms. The first-order chi connectivity index (χ1) is 16.1. The molecule has 180 valence electrons. The third kappa shape index (κ3) is 4.58. The molecule has 4 saturated carbocycles. The topological polar surface area (TPSA) is 87.3 Å². The molecule has 6 rings (SSSR count). The van der Waals surface area contributed by atoms with Crippen molar-refractivity contribution in [1.29, 1.82) is 0 Å². The van der Waals surface area contributed by atoms with E-state index < -0.39 is 10.0 Å². The van der Waals surface area contributed by atoms with E-state index in [0.29, 0.717) is 29.1 Å². The molecule has 0 unspecified atom stereocenters. The highest BCUT2D eigenvalue weighted by atomic mass is 32.2. The summed E-state index contributed by atoms with van der Waals surface area (Å²) in [5, 5.41) is 6.21. The van der Waals surface area contributed by atoms with Crippen LogP contribution in [0.1, 0.15) is 49.7 Å². The monoisotopic (exact) mass is 497 g/mol. The van der Waals surface area contributed by atoms with Crippen LogP contribution in [-0.2, 0) is 14.8 Å². The Balaban J connectivity index is 1.20. The Hall–Kier alpha value is -2.45. The highest BCUT2D eigenvalue weighted by Gasteiger charge is 2.54. The highest BCUT2D eigenvalue weighted by molar-refractivity contribution is 7.92. The van der Waals surface area contributed by atoms with E-state index in [2.05, 4.69) is 15.4 Å². The van der Waals surface area contributed by atoms with Crippen LogP contribution in [-0.4, -0.2) is 19.4 Å². The van der Waals surface area contributed by atoms with Gasteiger partial charge in [0.05, 0.1) is 10.3 Å². The van der Waals surface area contributed by atoms with Crippen molar-refractivity contribution in [2.45, 2.75) is 57.3 Å². The number of amides is 1. The van der Waals surface area contributed by atoms with Crippen LogP contribution >= 0.6 is 12.2 Å². The lowest BCUT2D eigenvalue weighted by molar-refractivity contribution is -0.144. The van der Waals surface area contributed by atoms with Gasteiger partial charge in [0.25, 0.3) is 10.0 Å². The summed E-state index contributed by atoms with van der Waals surface area (Å²) in [5.74, 6) is 2.10. The number of anilines is 2. The van der Waals surface area contributed by atoms with Gasteiger partial charge in [-0.2, -0.15) is 0 Å². The average Bonchev–Trinajstić information content (AvgIpc) is 2.75. The molecule has 0 radical (unpaired) electrons. The second kappa shape index (κ2) is 8.64. The predicted octanol–water partition coefficient (Wildman–Crippen LogP) is 5.13. The van der Waals surface area contributed by atoms with Crippen molar-refractivity contribution in [1.82, 2.24) is 5.32 Å². The van der Waals surface area contributed by atoms with Gasteiger partial charge in [-0.3, -0.25) is 9.52 Å².